The van der Waals surface area contributed by atoms with Crippen LogP contribution >= 0.6 is 11.6 Å². The van der Waals surface area contributed by atoms with Crippen molar-refractivity contribution in [3.63, 3.8) is 0 Å². The number of methoxy groups -OCH3 is 1. The predicted octanol–water partition coefficient (Wildman–Crippen LogP) is 3.12. The summed E-state index contributed by atoms with van der Waals surface area (Å²) >= 11 is 6.11. The third-order valence-electron chi connectivity index (χ3n) is 6.11. The van der Waals surface area contributed by atoms with Crippen molar-refractivity contribution in [1.29, 1.82) is 0 Å². The monoisotopic (exact) mass is 557 g/mol. The molecule has 11 heteroatoms. The van der Waals surface area contributed by atoms with Gasteiger partial charge in [-0.25, -0.2) is 8.42 Å². The number of nitrogens with zero attached hydrogens (tertiary/aromatic N) is 2. The topological polar surface area (TPSA) is 105 Å². The zero-order chi connectivity index (χ0) is 27.3. The standard InChI is InChI=1S/C27H28ClN3O6S/c1-30(38(34,35)20-12-13-23(36-2)21(28)16-20)18-26(32)31-17-25(37-24-11-7-6-10-22(24)31)27(33)29-15-14-19-8-4-3-5-9-19/h3-13,16,25H,14-15,17-18H2,1-2H3,(H,29,33)/t25-/m1/s1. The number of ether oxygens (including phenoxy) is 2. The van der Waals surface area contributed by atoms with E-state index in [-0.39, 0.29) is 22.4 Å². The molecule has 4 rings (SSSR count). The van der Waals surface area contributed by atoms with E-state index < -0.39 is 28.6 Å². The van der Waals surface area contributed by atoms with Crippen molar-refractivity contribution in [1.82, 2.24) is 9.62 Å². The first kappa shape index (κ1) is 27.4. The van der Waals surface area contributed by atoms with Gasteiger partial charge in [0.05, 0.1) is 35.8 Å². The zero-order valence-electron chi connectivity index (χ0n) is 21.0. The number of sulfonamides is 1. The number of anilines is 1. The Morgan fingerprint density at radius 3 is 2.53 bits per heavy atom. The lowest BCUT2D eigenvalue weighted by Gasteiger charge is -2.35. The summed E-state index contributed by atoms with van der Waals surface area (Å²) in [6.07, 6.45) is -0.303. The number of carbonyl (C=O) groups is 2. The highest BCUT2D eigenvalue weighted by Crippen LogP contribution is 2.34. The minimum absolute atomic E-state index is 0.0602. The van der Waals surface area contributed by atoms with Gasteiger partial charge in [0.1, 0.15) is 11.5 Å². The Kier molecular flexibility index (Phi) is 8.55. The highest BCUT2D eigenvalue weighted by Gasteiger charge is 2.35. The number of rotatable bonds is 9. The number of benzene rings is 3. The SMILES string of the molecule is COc1ccc(S(=O)(=O)N(C)CC(=O)N2C[C@H](C(=O)NCCc3ccccc3)Oc3ccccc32)cc1Cl. The summed E-state index contributed by atoms with van der Waals surface area (Å²) in [5.41, 5.74) is 1.55. The van der Waals surface area contributed by atoms with Crippen LogP contribution < -0.4 is 19.7 Å². The van der Waals surface area contributed by atoms with E-state index in [2.05, 4.69) is 5.32 Å². The molecule has 0 saturated heterocycles. The fourth-order valence-corrected chi connectivity index (χ4v) is 5.51. The number of halogens is 1. The lowest BCUT2D eigenvalue weighted by molar-refractivity contribution is -0.128. The number of nitrogens with one attached hydrogen (secondary N) is 1. The second kappa shape index (κ2) is 11.8. The molecule has 1 heterocycles. The maximum atomic E-state index is 13.4. The highest BCUT2D eigenvalue weighted by atomic mass is 35.5. The first-order valence-corrected chi connectivity index (χ1v) is 13.7. The van der Waals surface area contributed by atoms with Crippen molar-refractivity contribution < 1.29 is 27.5 Å². The van der Waals surface area contributed by atoms with Crippen molar-refractivity contribution in [3.05, 3.63) is 83.4 Å². The number of hydrogen-bond donors (Lipinski definition) is 1. The van der Waals surface area contributed by atoms with Gasteiger partial charge in [-0.15, -0.1) is 0 Å². The number of hydrogen-bond acceptors (Lipinski definition) is 6. The third kappa shape index (κ3) is 6.09. The molecule has 38 heavy (non-hydrogen) atoms. The molecule has 3 aromatic rings. The Labute approximate surface area is 227 Å². The van der Waals surface area contributed by atoms with Crippen LogP contribution in [0.15, 0.2) is 77.7 Å². The molecule has 0 aliphatic carbocycles. The van der Waals surface area contributed by atoms with Gasteiger partial charge < -0.3 is 19.7 Å². The second-order valence-electron chi connectivity index (χ2n) is 8.66. The van der Waals surface area contributed by atoms with Crippen molar-refractivity contribution >= 4 is 39.1 Å². The van der Waals surface area contributed by atoms with E-state index in [0.29, 0.717) is 30.2 Å². The van der Waals surface area contributed by atoms with Gasteiger partial charge in [0.15, 0.2) is 6.10 Å². The molecule has 0 aromatic heterocycles. The van der Waals surface area contributed by atoms with Crippen LogP contribution in [0.1, 0.15) is 5.56 Å². The molecule has 0 unspecified atom stereocenters. The van der Waals surface area contributed by atoms with Crippen molar-refractivity contribution in [3.8, 4) is 11.5 Å². The number of likely N-dealkylation sites (N-methyl/N-ethyl adjacent to an activating group) is 1. The summed E-state index contributed by atoms with van der Waals surface area (Å²) in [6.45, 7) is -0.109. The molecule has 9 nitrogen and oxygen atoms in total. The smallest absolute Gasteiger partial charge is 0.262 e. The number of carbonyl (C=O) groups excluding carboxylic acids is 2. The lowest BCUT2D eigenvalue weighted by Crippen LogP contribution is -2.52. The van der Waals surface area contributed by atoms with E-state index in [4.69, 9.17) is 21.1 Å². The molecule has 2 amide bonds. The van der Waals surface area contributed by atoms with Crippen molar-refractivity contribution in [2.75, 3.05) is 38.7 Å². The van der Waals surface area contributed by atoms with Gasteiger partial charge in [-0.3, -0.25) is 9.59 Å². The van der Waals surface area contributed by atoms with E-state index in [1.807, 2.05) is 30.3 Å². The quantitative estimate of drug-likeness (QED) is 0.433. The van der Waals surface area contributed by atoms with Gasteiger partial charge in [-0.2, -0.15) is 4.31 Å². The molecule has 0 saturated carbocycles. The van der Waals surface area contributed by atoms with Gasteiger partial charge in [0, 0.05) is 13.6 Å². The molecule has 0 radical (unpaired) electrons. The second-order valence-corrected chi connectivity index (χ2v) is 11.1. The Morgan fingerprint density at radius 1 is 1.11 bits per heavy atom. The maximum Gasteiger partial charge on any atom is 0.262 e. The summed E-state index contributed by atoms with van der Waals surface area (Å²) in [5, 5.41) is 3.00. The highest BCUT2D eigenvalue weighted by molar-refractivity contribution is 7.89. The predicted molar refractivity (Wildman–Crippen MR) is 144 cm³/mol. The van der Waals surface area contributed by atoms with Gasteiger partial charge in [-0.1, -0.05) is 54.1 Å². The summed E-state index contributed by atoms with van der Waals surface area (Å²) in [6, 6.07) is 20.7. The van der Waals surface area contributed by atoms with E-state index in [9.17, 15) is 18.0 Å². The van der Waals surface area contributed by atoms with Gasteiger partial charge in [0.25, 0.3) is 5.91 Å². The van der Waals surface area contributed by atoms with Crippen LogP contribution in [0.2, 0.25) is 5.02 Å². The third-order valence-corrected chi connectivity index (χ3v) is 8.21. The molecule has 0 fully saturated rings. The average molecular weight is 558 g/mol. The Bertz CT molecular complexity index is 1420. The van der Waals surface area contributed by atoms with Crippen molar-refractivity contribution in [2.45, 2.75) is 17.4 Å². The van der Waals surface area contributed by atoms with Crippen LogP contribution in [0, 0.1) is 0 Å². The molecular formula is C27H28ClN3O6S. The first-order valence-electron chi connectivity index (χ1n) is 11.9. The summed E-state index contributed by atoms with van der Waals surface area (Å²) in [4.78, 5) is 27.6. The van der Waals surface area contributed by atoms with Gasteiger partial charge in [0.2, 0.25) is 15.9 Å². The summed E-state index contributed by atoms with van der Waals surface area (Å²) < 4.78 is 38.2. The molecule has 0 bridgehead atoms. The lowest BCUT2D eigenvalue weighted by atomic mass is 10.1. The minimum Gasteiger partial charge on any atom is -0.495 e. The summed E-state index contributed by atoms with van der Waals surface area (Å²) in [7, 11) is -1.29. The molecule has 3 aromatic carbocycles. The van der Waals surface area contributed by atoms with E-state index >= 15 is 0 Å². The fraction of sp³-hybridized carbons (Fsp3) is 0.259. The van der Waals surface area contributed by atoms with Crippen LogP contribution in [-0.4, -0.2) is 64.4 Å². The molecule has 0 spiro atoms. The number of fused-ring (bicyclic) bond motifs is 1. The zero-order valence-corrected chi connectivity index (χ0v) is 22.5. The average Bonchev–Trinajstić information content (AvgIpc) is 2.92. The molecule has 1 aliphatic heterocycles. The fourth-order valence-electron chi connectivity index (χ4n) is 4.04. The largest absolute Gasteiger partial charge is 0.495 e. The maximum absolute atomic E-state index is 13.4. The number of amides is 2. The van der Waals surface area contributed by atoms with Crippen molar-refractivity contribution in [2.24, 2.45) is 0 Å². The minimum atomic E-state index is -4.03. The summed E-state index contributed by atoms with van der Waals surface area (Å²) in [5.74, 6) is -0.166. The number of para-hydroxylation sites is 2. The van der Waals surface area contributed by atoms with Crippen LogP contribution in [0.3, 0.4) is 0 Å². The van der Waals surface area contributed by atoms with Gasteiger partial charge in [-0.05, 0) is 42.3 Å². The first-order chi connectivity index (χ1) is 18.2. The van der Waals surface area contributed by atoms with E-state index in [0.717, 1.165) is 9.87 Å². The van der Waals surface area contributed by atoms with Crippen LogP contribution in [0.25, 0.3) is 0 Å². The molecular weight excluding hydrogens is 530 g/mol. The molecule has 1 N–H and O–H groups in total. The van der Waals surface area contributed by atoms with E-state index in [1.165, 1.54) is 37.3 Å². The molecule has 1 atom stereocenters. The van der Waals surface area contributed by atoms with Crippen LogP contribution in [-0.2, 0) is 26.0 Å². The normalized spacial score (nSPS) is 14.9. The Hall–Kier alpha value is -3.60. The van der Waals surface area contributed by atoms with Gasteiger partial charge >= 0.3 is 0 Å². The molecule has 200 valence electrons. The van der Waals surface area contributed by atoms with E-state index in [1.54, 1.807) is 24.3 Å². The Balaban J connectivity index is 1.46. The van der Waals surface area contributed by atoms with Crippen LogP contribution in [0.5, 0.6) is 11.5 Å². The van der Waals surface area contributed by atoms with Crippen LogP contribution in [0.4, 0.5) is 5.69 Å². The Morgan fingerprint density at radius 2 is 1.82 bits per heavy atom. The molecule has 1 aliphatic rings.